The third-order valence-electron chi connectivity index (χ3n) is 5.04. The molecule has 1 saturated heterocycles. The van der Waals surface area contributed by atoms with Crippen LogP contribution in [-0.4, -0.2) is 72.0 Å². The first-order valence-corrected chi connectivity index (χ1v) is 9.56. The molecular formula is C20H35IN4O3. The van der Waals surface area contributed by atoms with Crippen LogP contribution in [-0.2, 0) is 11.3 Å². The standard InChI is InChI=1S/C20H34N4O3.HI/c1-21-20(22-14-16-7-9-24(10-8-16)11-12-25-2)23-15-17-5-6-18(26-3)13-19(17)27-4;/h5-6,13,16H,7-12,14-15H2,1-4H3,(H2,21,22,23);1H. The highest BCUT2D eigenvalue weighted by atomic mass is 127. The van der Waals surface area contributed by atoms with E-state index in [2.05, 4.69) is 20.5 Å². The van der Waals surface area contributed by atoms with E-state index in [9.17, 15) is 0 Å². The van der Waals surface area contributed by atoms with Gasteiger partial charge in [0, 0.05) is 45.4 Å². The molecule has 0 amide bonds. The Balaban J connectivity index is 0.00000392. The van der Waals surface area contributed by atoms with Gasteiger partial charge in [-0.25, -0.2) is 0 Å². The molecule has 0 aliphatic carbocycles. The molecule has 0 radical (unpaired) electrons. The first-order valence-electron chi connectivity index (χ1n) is 9.56. The van der Waals surface area contributed by atoms with Crippen LogP contribution >= 0.6 is 24.0 Å². The van der Waals surface area contributed by atoms with Crippen molar-refractivity contribution in [3.05, 3.63) is 23.8 Å². The lowest BCUT2D eigenvalue weighted by Gasteiger charge is -2.32. The van der Waals surface area contributed by atoms with Gasteiger partial charge in [-0.2, -0.15) is 0 Å². The van der Waals surface area contributed by atoms with Gasteiger partial charge in [-0.15, -0.1) is 24.0 Å². The maximum absolute atomic E-state index is 5.45. The molecule has 0 saturated carbocycles. The van der Waals surface area contributed by atoms with Gasteiger partial charge in [0.1, 0.15) is 11.5 Å². The van der Waals surface area contributed by atoms with E-state index < -0.39 is 0 Å². The first kappa shape index (κ1) is 24.8. The average molecular weight is 506 g/mol. The molecule has 1 aliphatic rings. The smallest absolute Gasteiger partial charge is 0.191 e. The Morgan fingerprint density at radius 1 is 1.14 bits per heavy atom. The van der Waals surface area contributed by atoms with Crippen LogP contribution in [0.15, 0.2) is 23.2 Å². The zero-order valence-corrected chi connectivity index (χ0v) is 19.8. The van der Waals surface area contributed by atoms with Crippen LogP contribution in [0.3, 0.4) is 0 Å². The number of benzene rings is 1. The molecule has 2 N–H and O–H groups in total. The Kier molecular flexibility index (Phi) is 12.2. The van der Waals surface area contributed by atoms with Crippen LogP contribution in [0.25, 0.3) is 0 Å². The van der Waals surface area contributed by atoms with Crippen molar-refractivity contribution in [3.8, 4) is 11.5 Å². The lowest BCUT2D eigenvalue weighted by atomic mass is 9.97. The third-order valence-corrected chi connectivity index (χ3v) is 5.04. The number of nitrogens with zero attached hydrogens (tertiary/aromatic N) is 2. The van der Waals surface area contributed by atoms with Gasteiger partial charge in [0.15, 0.2) is 5.96 Å². The van der Waals surface area contributed by atoms with Crippen molar-refractivity contribution in [1.82, 2.24) is 15.5 Å². The third kappa shape index (κ3) is 8.00. The molecule has 0 bridgehead atoms. The Morgan fingerprint density at radius 3 is 2.50 bits per heavy atom. The molecule has 0 unspecified atom stereocenters. The fraction of sp³-hybridized carbons (Fsp3) is 0.650. The lowest BCUT2D eigenvalue weighted by molar-refractivity contribution is 0.121. The SMILES string of the molecule is CN=C(NCc1ccc(OC)cc1OC)NCC1CCN(CCOC)CC1.I. The van der Waals surface area contributed by atoms with Gasteiger partial charge in [0.2, 0.25) is 0 Å². The maximum Gasteiger partial charge on any atom is 0.191 e. The predicted molar refractivity (Wildman–Crippen MR) is 124 cm³/mol. The average Bonchev–Trinajstić information content (AvgIpc) is 2.73. The number of ether oxygens (including phenoxy) is 3. The van der Waals surface area contributed by atoms with Crippen LogP contribution in [0.2, 0.25) is 0 Å². The van der Waals surface area contributed by atoms with E-state index in [1.165, 1.54) is 12.8 Å². The second-order valence-electron chi connectivity index (χ2n) is 6.76. The van der Waals surface area contributed by atoms with Gasteiger partial charge in [-0.1, -0.05) is 0 Å². The molecule has 28 heavy (non-hydrogen) atoms. The number of nitrogens with one attached hydrogen (secondary N) is 2. The van der Waals surface area contributed by atoms with Crippen LogP contribution in [0.4, 0.5) is 0 Å². The van der Waals surface area contributed by atoms with Crippen molar-refractivity contribution >= 4 is 29.9 Å². The molecular weight excluding hydrogens is 471 g/mol. The molecule has 2 rings (SSSR count). The quantitative estimate of drug-likeness (QED) is 0.305. The minimum atomic E-state index is 0. The number of piperidine rings is 1. The predicted octanol–water partition coefficient (Wildman–Crippen LogP) is 2.35. The Labute approximate surface area is 186 Å². The van der Waals surface area contributed by atoms with E-state index in [1.54, 1.807) is 28.4 Å². The molecule has 1 aromatic carbocycles. The number of halogens is 1. The van der Waals surface area contributed by atoms with Crippen molar-refractivity contribution in [1.29, 1.82) is 0 Å². The van der Waals surface area contributed by atoms with Crippen LogP contribution in [0, 0.1) is 5.92 Å². The highest BCUT2D eigenvalue weighted by Crippen LogP contribution is 2.24. The molecule has 0 atom stereocenters. The Morgan fingerprint density at radius 2 is 1.89 bits per heavy atom. The van der Waals surface area contributed by atoms with Gasteiger partial charge in [0.25, 0.3) is 0 Å². The fourth-order valence-electron chi connectivity index (χ4n) is 3.27. The molecule has 0 spiro atoms. The zero-order chi connectivity index (χ0) is 19.5. The summed E-state index contributed by atoms with van der Waals surface area (Å²) in [5.41, 5.74) is 1.06. The Bertz CT molecular complexity index is 593. The number of aliphatic imine (C=N–C) groups is 1. The zero-order valence-electron chi connectivity index (χ0n) is 17.5. The van der Waals surface area contributed by atoms with Crippen molar-refractivity contribution in [2.75, 3.05) is 61.2 Å². The number of likely N-dealkylation sites (tertiary alicyclic amines) is 1. The van der Waals surface area contributed by atoms with Crippen molar-refractivity contribution in [2.24, 2.45) is 10.9 Å². The van der Waals surface area contributed by atoms with Crippen molar-refractivity contribution in [2.45, 2.75) is 19.4 Å². The highest BCUT2D eigenvalue weighted by Gasteiger charge is 2.19. The minimum absolute atomic E-state index is 0. The van der Waals surface area contributed by atoms with E-state index >= 15 is 0 Å². The van der Waals surface area contributed by atoms with E-state index in [-0.39, 0.29) is 24.0 Å². The van der Waals surface area contributed by atoms with Crippen LogP contribution < -0.4 is 20.1 Å². The van der Waals surface area contributed by atoms with Gasteiger partial charge in [-0.3, -0.25) is 4.99 Å². The topological polar surface area (TPSA) is 67.4 Å². The maximum atomic E-state index is 5.45. The molecule has 1 aromatic rings. The van der Waals surface area contributed by atoms with E-state index in [4.69, 9.17) is 14.2 Å². The number of rotatable bonds is 9. The normalized spacial score (nSPS) is 15.6. The molecule has 0 aromatic heterocycles. The fourth-order valence-corrected chi connectivity index (χ4v) is 3.27. The first-order chi connectivity index (χ1) is 13.2. The van der Waals surface area contributed by atoms with E-state index in [0.717, 1.165) is 55.8 Å². The summed E-state index contributed by atoms with van der Waals surface area (Å²) in [7, 11) is 6.88. The van der Waals surface area contributed by atoms with E-state index in [1.807, 2.05) is 18.2 Å². The summed E-state index contributed by atoms with van der Waals surface area (Å²) in [6.45, 7) is 5.72. The second-order valence-corrected chi connectivity index (χ2v) is 6.76. The Hall–Kier alpha value is -1.26. The summed E-state index contributed by atoms with van der Waals surface area (Å²) < 4.78 is 15.9. The van der Waals surface area contributed by atoms with Crippen LogP contribution in [0.5, 0.6) is 11.5 Å². The van der Waals surface area contributed by atoms with Gasteiger partial charge in [-0.05, 0) is 44.0 Å². The molecule has 1 heterocycles. The summed E-state index contributed by atoms with van der Waals surface area (Å²) in [6.07, 6.45) is 2.42. The molecule has 8 heteroatoms. The number of methoxy groups -OCH3 is 3. The number of guanidine groups is 1. The summed E-state index contributed by atoms with van der Waals surface area (Å²) in [5, 5.41) is 6.82. The molecule has 1 aliphatic heterocycles. The largest absolute Gasteiger partial charge is 0.497 e. The summed E-state index contributed by atoms with van der Waals surface area (Å²) in [4.78, 5) is 6.81. The second kappa shape index (κ2) is 13.8. The van der Waals surface area contributed by atoms with Crippen LogP contribution in [0.1, 0.15) is 18.4 Å². The van der Waals surface area contributed by atoms with Crippen molar-refractivity contribution < 1.29 is 14.2 Å². The highest BCUT2D eigenvalue weighted by molar-refractivity contribution is 14.0. The van der Waals surface area contributed by atoms with E-state index in [0.29, 0.717) is 12.5 Å². The summed E-state index contributed by atoms with van der Waals surface area (Å²) >= 11 is 0. The number of hydrogen-bond donors (Lipinski definition) is 2. The molecule has 160 valence electrons. The monoisotopic (exact) mass is 506 g/mol. The van der Waals surface area contributed by atoms with Gasteiger partial charge >= 0.3 is 0 Å². The summed E-state index contributed by atoms with van der Waals surface area (Å²) in [6, 6.07) is 5.84. The van der Waals surface area contributed by atoms with Crippen molar-refractivity contribution in [3.63, 3.8) is 0 Å². The molecule has 1 fully saturated rings. The number of hydrogen-bond acceptors (Lipinski definition) is 5. The lowest BCUT2D eigenvalue weighted by Crippen LogP contribution is -2.43. The minimum Gasteiger partial charge on any atom is -0.497 e. The molecule has 7 nitrogen and oxygen atoms in total. The van der Waals surface area contributed by atoms with Gasteiger partial charge < -0.3 is 29.7 Å². The van der Waals surface area contributed by atoms with Gasteiger partial charge in [0.05, 0.1) is 20.8 Å². The summed E-state index contributed by atoms with van der Waals surface area (Å²) in [5.74, 6) is 3.09.